The first-order valence-corrected chi connectivity index (χ1v) is 8.03. The molecule has 23 heavy (non-hydrogen) atoms. The zero-order valence-corrected chi connectivity index (χ0v) is 13.8. The summed E-state index contributed by atoms with van der Waals surface area (Å²) in [6.45, 7) is 7.34. The summed E-state index contributed by atoms with van der Waals surface area (Å²) in [6, 6.07) is 5.99. The van der Waals surface area contributed by atoms with Crippen molar-refractivity contribution in [2.45, 2.75) is 39.7 Å². The van der Waals surface area contributed by atoms with Gasteiger partial charge < -0.3 is 10.1 Å². The van der Waals surface area contributed by atoms with E-state index in [-0.39, 0.29) is 16.7 Å². The zero-order valence-electron chi connectivity index (χ0n) is 13.8. The SMILES string of the molecule is CC.Cc1ccc2ncc([N+](=O)[O-])c(NC3CCOCC3)c2c1. The van der Waals surface area contributed by atoms with E-state index in [9.17, 15) is 10.1 Å². The van der Waals surface area contributed by atoms with Crippen LogP contribution in [0.15, 0.2) is 24.4 Å². The molecule has 3 rings (SSSR count). The third-order valence-electron chi connectivity index (χ3n) is 3.77. The molecule has 1 aliphatic heterocycles. The summed E-state index contributed by atoms with van der Waals surface area (Å²) in [7, 11) is 0. The Morgan fingerprint density at radius 2 is 2.00 bits per heavy atom. The molecule has 2 aromatic rings. The lowest BCUT2D eigenvalue weighted by Crippen LogP contribution is -2.28. The van der Waals surface area contributed by atoms with E-state index in [0.29, 0.717) is 18.9 Å². The number of hydrogen-bond acceptors (Lipinski definition) is 5. The number of nitrogens with zero attached hydrogens (tertiary/aromatic N) is 2. The Labute approximate surface area is 136 Å². The summed E-state index contributed by atoms with van der Waals surface area (Å²) >= 11 is 0. The highest BCUT2D eigenvalue weighted by Crippen LogP contribution is 2.33. The highest BCUT2D eigenvalue weighted by atomic mass is 16.6. The van der Waals surface area contributed by atoms with Crippen molar-refractivity contribution in [3.05, 3.63) is 40.1 Å². The van der Waals surface area contributed by atoms with Crippen molar-refractivity contribution < 1.29 is 9.66 Å². The minimum Gasteiger partial charge on any atom is -0.381 e. The number of anilines is 1. The van der Waals surface area contributed by atoms with Gasteiger partial charge in [0, 0.05) is 24.6 Å². The van der Waals surface area contributed by atoms with Crippen molar-refractivity contribution >= 4 is 22.3 Å². The van der Waals surface area contributed by atoms with Crippen LogP contribution in [-0.2, 0) is 4.74 Å². The first-order chi connectivity index (χ1) is 11.1. The van der Waals surface area contributed by atoms with Crippen molar-refractivity contribution in [3.63, 3.8) is 0 Å². The number of benzene rings is 1. The second kappa shape index (κ2) is 7.87. The topological polar surface area (TPSA) is 77.3 Å². The van der Waals surface area contributed by atoms with Gasteiger partial charge in [0.25, 0.3) is 0 Å². The van der Waals surface area contributed by atoms with Gasteiger partial charge in [0.1, 0.15) is 11.9 Å². The molecule has 0 amide bonds. The maximum Gasteiger partial charge on any atom is 0.311 e. The lowest BCUT2D eigenvalue weighted by Gasteiger charge is -2.24. The van der Waals surface area contributed by atoms with Gasteiger partial charge in [-0.15, -0.1) is 0 Å². The Hall–Kier alpha value is -2.21. The van der Waals surface area contributed by atoms with E-state index in [0.717, 1.165) is 29.3 Å². The van der Waals surface area contributed by atoms with Crippen LogP contribution in [0.5, 0.6) is 0 Å². The molecule has 1 saturated heterocycles. The number of aryl methyl sites for hydroxylation is 1. The van der Waals surface area contributed by atoms with Crippen LogP contribution in [0.1, 0.15) is 32.3 Å². The Morgan fingerprint density at radius 3 is 2.65 bits per heavy atom. The van der Waals surface area contributed by atoms with Crippen LogP contribution in [0.25, 0.3) is 10.9 Å². The van der Waals surface area contributed by atoms with Gasteiger partial charge in [-0.2, -0.15) is 0 Å². The largest absolute Gasteiger partial charge is 0.381 e. The number of nitrogens with one attached hydrogen (secondary N) is 1. The molecule has 6 nitrogen and oxygen atoms in total. The number of pyridine rings is 1. The molecule has 1 aromatic carbocycles. The number of fused-ring (bicyclic) bond motifs is 1. The Kier molecular flexibility index (Phi) is 5.87. The fourth-order valence-electron chi connectivity index (χ4n) is 2.63. The van der Waals surface area contributed by atoms with Crippen LogP contribution in [0, 0.1) is 17.0 Å². The highest BCUT2D eigenvalue weighted by molar-refractivity contribution is 5.96. The minimum absolute atomic E-state index is 0.0274. The van der Waals surface area contributed by atoms with Gasteiger partial charge >= 0.3 is 5.69 Å². The molecule has 0 aliphatic carbocycles. The van der Waals surface area contributed by atoms with Crippen molar-refractivity contribution in [2.75, 3.05) is 18.5 Å². The van der Waals surface area contributed by atoms with Crippen LogP contribution >= 0.6 is 0 Å². The van der Waals surface area contributed by atoms with Crippen LogP contribution in [-0.4, -0.2) is 29.2 Å². The second-order valence-electron chi connectivity index (χ2n) is 5.33. The van der Waals surface area contributed by atoms with E-state index in [4.69, 9.17) is 4.74 Å². The summed E-state index contributed by atoms with van der Waals surface area (Å²) in [4.78, 5) is 15.1. The van der Waals surface area contributed by atoms with Crippen molar-refractivity contribution in [1.29, 1.82) is 0 Å². The fraction of sp³-hybridized carbons (Fsp3) is 0.471. The molecule has 0 atom stereocenters. The summed E-state index contributed by atoms with van der Waals surface area (Å²) in [6.07, 6.45) is 3.04. The third-order valence-corrected chi connectivity index (χ3v) is 3.77. The standard InChI is InChI=1S/C15H17N3O3.C2H6/c1-10-2-3-13-12(8-10)15(14(9-16-13)18(19)20)17-11-4-6-21-7-5-11;1-2/h2-3,8-9,11H,4-7H2,1H3,(H,16,17);1-2H3. The second-order valence-corrected chi connectivity index (χ2v) is 5.33. The van der Waals surface area contributed by atoms with Gasteiger partial charge in [0.15, 0.2) is 0 Å². The Balaban J connectivity index is 0.000000924. The lowest BCUT2D eigenvalue weighted by molar-refractivity contribution is -0.384. The summed E-state index contributed by atoms with van der Waals surface area (Å²) in [5.74, 6) is 0. The maximum atomic E-state index is 11.3. The van der Waals surface area contributed by atoms with Crippen LogP contribution in [0.2, 0.25) is 0 Å². The van der Waals surface area contributed by atoms with Gasteiger partial charge in [0.2, 0.25) is 0 Å². The minimum atomic E-state index is -0.379. The van der Waals surface area contributed by atoms with Crippen LogP contribution in [0.4, 0.5) is 11.4 Å². The average Bonchev–Trinajstić information content (AvgIpc) is 2.58. The smallest absolute Gasteiger partial charge is 0.311 e. The van der Waals surface area contributed by atoms with Crippen molar-refractivity contribution in [1.82, 2.24) is 4.98 Å². The number of aromatic nitrogens is 1. The van der Waals surface area contributed by atoms with E-state index >= 15 is 0 Å². The average molecular weight is 317 g/mol. The Morgan fingerprint density at radius 1 is 1.30 bits per heavy atom. The fourth-order valence-corrected chi connectivity index (χ4v) is 2.63. The molecule has 0 radical (unpaired) electrons. The van der Waals surface area contributed by atoms with E-state index in [1.807, 2.05) is 39.0 Å². The molecule has 0 unspecified atom stereocenters. The van der Waals surface area contributed by atoms with E-state index < -0.39 is 0 Å². The number of ether oxygens (including phenoxy) is 1. The molecule has 124 valence electrons. The van der Waals surface area contributed by atoms with Crippen LogP contribution in [0.3, 0.4) is 0 Å². The van der Waals surface area contributed by atoms with Gasteiger partial charge in [-0.1, -0.05) is 25.5 Å². The predicted molar refractivity (Wildman–Crippen MR) is 91.9 cm³/mol. The molecular formula is C17H23N3O3. The molecule has 0 spiro atoms. The molecule has 1 aliphatic rings. The van der Waals surface area contributed by atoms with Gasteiger partial charge in [-0.25, -0.2) is 4.98 Å². The summed E-state index contributed by atoms with van der Waals surface area (Å²) in [5, 5.41) is 15.4. The van der Waals surface area contributed by atoms with E-state index in [1.165, 1.54) is 6.20 Å². The third kappa shape index (κ3) is 3.96. The van der Waals surface area contributed by atoms with Gasteiger partial charge in [-0.3, -0.25) is 10.1 Å². The number of hydrogen-bond donors (Lipinski definition) is 1. The molecule has 1 aromatic heterocycles. The first-order valence-electron chi connectivity index (χ1n) is 8.03. The molecule has 1 N–H and O–H groups in total. The monoisotopic (exact) mass is 317 g/mol. The predicted octanol–water partition coefficient (Wildman–Crippen LogP) is 4.07. The molecule has 6 heteroatoms. The molecule has 0 saturated carbocycles. The quantitative estimate of drug-likeness (QED) is 0.682. The molecule has 2 heterocycles. The summed E-state index contributed by atoms with van der Waals surface area (Å²) < 4.78 is 5.34. The highest BCUT2D eigenvalue weighted by Gasteiger charge is 2.22. The first kappa shape index (κ1) is 17.1. The molecular weight excluding hydrogens is 294 g/mol. The van der Waals surface area contributed by atoms with E-state index in [2.05, 4.69) is 10.3 Å². The zero-order chi connectivity index (χ0) is 16.8. The molecule has 0 bridgehead atoms. The van der Waals surface area contributed by atoms with Gasteiger partial charge in [-0.05, 0) is 31.9 Å². The van der Waals surface area contributed by atoms with Crippen molar-refractivity contribution in [2.24, 2.45) is 0 Å². The molecule has 1 fully saturated rings. The summed E-state index contributed by atoms with van der Waals surface area (Å²) in [5.41, 5.74) is 2.42. The Bertz CT molecular complexity index is 682. The van der Waals surface area contributed by atoms with Gasteiger partial charge in [0.05, 0.1) is 10.4 Å². The number of rotatable bonds is 3. The normalized spacial score (nSPS) is 14.9. The van der Waals surface area contributed by atoms with Crippen LogP contribution < -0.4 is 5.32 Å². The lowest BCUT2D eigenvalue weighted by atomic mass is 10.1. The maximum absolute atomic E-state index is 11.3. The van der Waals surface area contributed by atoms with Crippen molar-refractivity contribution in [3.8, 4) is 0 Å². The number of nitro groups is 1. The van der Waals surface area contributed by atoms with E-state index in [1.54, 1.807) is 0 Å².